The predicted molar refractivity (Wildman–Crippen MR) is 125 cm³/mol. The van der Waals surface area contributed by atoms with Gasteiger partial charge < -0.3 is 4.57 Å². The zero-order valence-corrected chi connectivity index (χ0v) is 18.3. The molecule has 3 aromatic carbocycles. The van der Waals surface area contributed by atoms with Crippen molar-refractivity contribution in [1.29, 1.82) is 0 Å². The number of imidazole rings is 1. The van der Waals surface area contributed by atoms with Gasteiger partial charge >= 0.3 is 0 Å². The van der Waals surface area contributed by atoms with Gasteiger partial charge in [0.2, 0.25) is 0 Å². The van der Waals surface area contributed by atoms with Gasteiger partial charge in [-0.1, -0.05) is 54.4 Å². The lowest BCUT2D eigenvalue weighted by molar-refractivity contribution is 0.776. The van der Waals surface area contributed by atoms with Crippen molar-refractivity contribution in [3.63, 3.8) is 0 Å². The molecule has 4 nitrogen and oxygen atoms in total. The molecule has 150 valence electrons. The second kappa shape index (κ2) is 7.53. The Morgan fingerprint density at radius 3 is 2.43 bits per heavy atom. The van der Waals surface area contributed by atoms with Gasteiger partial charge in [0.05, 0.1) is 26.8 Å². The normalized spacial score (nSPS) is 11.7. The summed E-state index contributed by atoms with van der Waals surface area (Å²) in [5, 5.41) is 3.61. The molecule has 2 aromatic heterocycles. The molecule has 0 aliphatic carbocycles. The summed E-state index contributed by atoms with van der Waals surface area (Å²) in [5.41, 5.74) is 5.70. The van der Waals surface area contributed by atoms with E-state index in [0.29, 0.717) is 21.1 Å². The third-order valence-electron chi connectivity index (χ3n) is 5.73. The first kappa shape index (κ1) is 19.3. The lowest BCUT2D eigenvalue weighted by atomic mass is 10.0. The second-order valence-electron chi connectivity index (χ2n) is 7.47. The van der Waals surface area contributed by atoms with Crippen molar-refractivity contribution in [2.75, 3.05) is 0 Å². The first-order valence-corrected chi connectivity index (χ1v) is 10.8. The van der Waals surface area contributed by atoms with Gasteiger partial charge in [-0.3, -0.25) is 4.98 Å². The lowest BCUT2D eigenvalue weighted by Crippen LogP contribution is -2.02. The van der Waals surface area contributed by atoms with Crippen LogP contribution >= 0.6 is 23.2 Å². The molecule has 0 amide bonds. The molecule has 0 aliphatic rings. The number of nitrogens with zero attached hydrogens (tertiary/aromatic N) is 4. The molecule has 0 N–H and O–H groups in total. The van der Waals surface area contributed by atoms with Gasteiger partial charge in [0.15, 0.2) is 0 Å². The van der Waals surface area contributed by atoms with Crippen molar-refractivity contribution in [3.05, 3.63) is 75.8 Å². The van der Waals surface area contributed by atoms with E-state index in [2.05, 4.69) is 53.9 Å². The molecule has 2 heterocycles. The van der Waals surface area contributed by atoms with Gasteiger partial charge in [-0.2, -0.15) is 0 Å². The number of benzene rings is 3. The van der Waals surface area contributed by atoms with Crippen LogP contribution in [0.1, 0.15) is 24.0 Å². The first-order valence-electron chi connectivity index (χ1n) is 10.0. The summed E-state index contributed by atoms with van der Waals surface area (Å²) < 4.78 is 2.17. The van der Waals surface area contributed by atoms with Gasteiger partial charge in [-0.25, -0.2) is 9.97 Å². The van der Waals surface area contributed by atoms with Gasteiger partial charge in [0.1, 0.15) is 16.9 Å². The van der Waals surface area contributed by atoms with Crippen molar-refractivity contribution >= 4 is 56.0 Å². The summed E-state index contributed by atoms with van der Waals surface area (Å²) in [6.45, 7) is 2.19. The molecule has 6 heteroatoms. The SMILES string of the molecule is CCc1cccc2c1ccc1c2nc(CCc2cnc3c(Cl)ccc(Cl)c3n2)n1C. The van der Waals surface area contributed by atoms with E-state index in [4.69, 9.17) is 33.2 Å². The Morgan fingerprint density at radius 1 is 0.833 bits per heavy atom. The molecule has 0 radical (unpaired) electrons. The predicted octanol–water partition coefficient (Wildman–Crippen LogP) is 6.32. The average Bonchev–Trinajstić information content (AvgIpc) is 3.10. The Hall–Kier alpha value is -2.69. The van der Waals surface area contributed by atoms with Crippen molar-refractivity contribution in [2.24, 2.45) is 7.05 Å². The Kier molecular flexibility index (Phi) is 4.84. The molecule has 0 saturated carbocycles. The smallest absolute Gasteiger partial charge is 0.110 e. The van der Waals surface area contributed by atoms with Crippen molar-refractivity contribution in [1.82, 2.24) is 19.5 Å². The summed E-state index contributed by atoms with van der Waals surface area (Å²) >= 11 is 12.5. The highest BCUT2D eigenvalue weighted by molar-refractivity contribution is 6.39. The number of halogens is 2. The van der Waals surface area contributed by atoms with Crippen molar-refractivity contribution in [2.45, 2.75) is 26.2 Å². The van der Waals surface area contributed by atoms with Crippen LogP contribution in [-0.4, -0.2) is 19.5 Å². The fraction of sp³-hybridized carbons (Fsp3) is 0.208. The molecule has 0 bridgehead atoms. The van der Waals surface area contributed by atoms with Gasteiger partial charge in [0, 0.05) is 25.1 Å². The van der Waals surface area contributed by atoms with Gasteiger partial charge in [-0.05, 0) is 42.0 Å². The van der Waals surface area contributed by atoms with Crippen molar-refractivity contribution < 1.29 is 0 Å². The highest BCUT2D eigenvalue weighted by Crippen LogP contribution is 2.29. The van der Waals surface area contributed by atoms with Crippen LogP contribution in [0.5, 0.6) is 0 Å². The van der Waals surface area contributed by atoms with Gasteiger partial charge in [0.25, 0.3) is 0 Å². The van der Waals surface area contributed by atoms with E-state index >= 15 is 0 Å². The van der Waals surface area contributed by atoms with Crippen molar-refractivity contribution in [3.8, 4) is 0 Å². The van der Waals surface area contributed by atoms with E-state index in [0.717, 1.165) is 41.8 Å². The minimum Gasteiger partial charge on any atom is -0.331 e. The fourth-order valence-corrected chi connectivity index (χ4v) is 4.49. The number of hydrogen-bond acceptors (Lipinski definition) is 3. The Balaban J connectivity index is 1.51. The van der Waals surface area contributed by atoms with E-state index in [9.17, 15) is 0 Å². The maximum absolute atomic E-state index is 6.30. The largest absolute Gasteiger partial charge is 0.331 e. The summed E-state index contributed by atoms with van der Waals surface area (Å²) in [5.74, 6) is 1.03. The van der Waals surface area contributed by atoms with Crippen LogP contribution in [-0.2, 0) is 26.3 Å². The number of fused-ring (bicyclic) bond motifs is 4. The quantitative estimate of drug-likeness (QED) is 0.332. The van der Waals surface area contributed by atoms with E-state index in [1.54, 1.807) is 18.3 Å². The average molecular weight is 435 g/mol. The van der Waals surface area contributed by atoms with Crippen LogP contribution < -0.4 is 0 Å². The number of rotatable bonds is 4. The molecule has 0 unspecified atom stereocenters. The Morgan fingerprint density at radius 2 is 1.63 bits per heavy atom. The summed E-state index contributed by atoms with van der Waals surface area (Å²) in [4.78, 5) is 14.2. The topological polar surface area (TPSA) is 43.6 Å². The van der Waals surface area contributed by atoms with Gasteiger partial charge in [-0.15, -0.1) is 0 Å². The monoisotopic (exact) mass is 434 g/mol. The second-order valence-corrected chi connectivity index (χ2v) is 8.29. The zero-order valence-electron chi connectivity index (χ0n) is 16.8. The summed E-state index contributed by atoms with van der Waals surface area (Å²) in [6.07, 6.45) is 4.27. The molecule has 0 spiro atoms. The molecule has 0 aliphatic heterocycles. The molecular weight excluding hydrogens is 415 g/mol. The Bertz CT molecular complexity index is 1420. The summed E-state index contributed by atoms with van der Waals surface area (Å²) in [7, 11) is 2.07. The highest BCUT2D eigenvalue weighted by Gasteiger charge is 2.13. The standard InChI is InChI=1S/C24H20Cl2N4/c1-3-14-5-4-6-17-16(14)8-11-20-22(17)29-21(30(20)2)12-7-15-13-27-23-18(25)9-10-19(26)24(23)28-15/h4-6,8-11,13H,3,7,12H2,1-2H3. The third-order valence-corrected chi connectivity index (χ3v) is 6.34. The summed E-state index contributed by atoms with van der Waals surface area (Å²) in [6, 6.07) is 14.4. The minimum absolute atomic E-state index is 0.558. The van der Waals surface area contributed by atoms with Crippen LogP contribution in [0.15, 0.2) is 48.7 Å². The Labute approximate surface area is 184 Å². The first-order chi connectivity index (χ1) is 14.6. The molecule has 5 rings (SSSR count). The molecule has 0 atom stereocenters. The van der Waals surface area contributed by atoms with E-state index in [1.807, 2.05) is 0 Å². The van der Waals surface area contributed by atoms with E-state index in [1.165, 1.54) is 16.3 Å². The van der Waals surface area contributed by atoms with Crippen LogP contribution in [0, 0.1) is 0 Å². The van der Waals surface area contributed by atoms with Crippen LogP contribution in [0.2, 0.25) is 10.0 Å². The van der Waals surface area contributed by atoms with Crippen LogP contribution in [0.25, 0.3) is 32.8 Å². The molecule has 0 fully saturated rings. The lowest BCUT2D eigenvalue weighted by Gasteiger charge is -2.06. The highest BCUT2D eigenvalue weighted by atomic mass is 35.5. The van der Waals surface area contributed by atoms with E-state index < -0.39 is 0 Å². The number of aryl methyl sites for hydroxylation is 4. The molecular formula is C24H20Cl2N4. The molecule has 30 heavy (non-hydrogen) atoms. The third kappa shape index (κ3) is 3.11. The minimum atomic E-state index is 0.558. The zero-order chi connectivity index (χ0) is 20.8. The molecule has 5 aromatic rings. The van der Waals surface area contributed by atoms with Crippen LogP contribution in [0.3, 0.4) is 0 Å². The number of aromatic nitrogens is 4. The maximum atomic E-state index is 6.30. The maximum Gasteiger partial charge on any atom is 0.110 e. The van der Waals surface area contributed by atoms with Crippen LogP contribution in [0.4, 0.5) is 0 Å². The molecule has 0 saturated heterocycles. The van der Waals surface area contributed by atoms with E-state index in [-0.39, 0.29) is 0 Å². The fourth-order valence-electron chi connectivity index (χ4n) is 4.09. The number of hydrogen-bond donors (Lipinski definition) is 0.